The number of nitrogens with two attached hydrogens (primary N) is 1. The van der Waals surface area contributed by atoms with Crippen molar-refractivity contribution in [2.24, 2.45) is 0 Å². The maximum Gasteiger partial charge on any atom is 0.260 e. The van der Waals surface area contributed by atoms with Crippen LogP contribution in [0.2, 0.25) is 0 Å². The van der Waals surface area contributed by atoms with Gasteiger partial charge in [-0.25, -0.2) is 0 Å². The van der Waals surface area contributed by atoms with Crippen LogP contribution in [0.15, 0.2) is 24.3 Å². The maximum atomic E-state index is 12.0. The normalized spacial score (nSPS) is 16.4. The number of hydrogen-bond donors (Lipinski definition) is 1. The number of carbonyl (C=O) groups excluding carboxylic acids is 1. The fourth-order valence-corrected chi connectivity index (χ4v) is 2.11. The van der Waals surface area contributed by atoms with Crippen molar-refractivity contribution in [1.82, 2.24) is 9.80 Å². The summed E-state index contributed by atoms with van der Waals surface area (Å²) in [6.07, 6.45) is 0. The van der Waals surface area contributed by atoms with Gasteiger partial charge >= 0.3 is 0 Å². The molecule has 0 aromatic heterocycles. The van der Waals surface area contributed by atoms with Gasteiger partial charge in [0.05, 0.1) is 0 Å². The van der Waals surface area contributed by atoms with E-state index in [-0.39, 0.29) is 12.5 Å². The maximum absolute atomic E-state index is 12.0. The van der Waals surface area contributed by atoms with Gasteiger partial charge in [0.2, 0.25) is 0 Å². The zero-order chi connectivity index (χ0) is 13.7. The molecule has 19 heavy (non-hydrogen) atoms. The van der Waals surface area contributed by atoms with E-state index in [1.807, 2.05) is 4.90 Å². The van der Waals surface area contributed by atoms with Crippen molar-refractivity contribution >= 4 is 11.6 Å². The summed E-state index contributed by atoms with van der Waals surface area (Å²) in [5.74, 6) is 0.724. The Hall–Kier alpha value is -1.75. The number of nitrogens with zero attached hydrogens (tertiary/aromatic N) is 2. The van der Waals surface area contributed by atoms with Crippen molar-refractivity contribution < 1.29 is 9.53 Å². The molecule has 1 heterocycles. The Kier molecular flexibility index (Phi) is 4.63. The molecule has 1 fully saturated rings. The summed E-state index contributed by atoms with van der Waals surface area (Å²) in [6, 6.07) is 7.08. The predicted octanol–water partition coefficient (Wildman–Crippen LogP) is 0.812. The van der Waals surface area contributed by atoms with Crippen LogP contribution in [0.1, 0.15) is 6.92 Å². The van der Waals surface area contributed by atoms with E-state index in [0.29, 0.717) is 11.4 Å². The average Bonchev–Trinajstić information content (AvgIpc) is 2.46. The molecular formula is C14H21N3O2. The highest BCUT2D eigenvalue weighted by atomic mass is 16.5. The third kappa shape index (κ3) is 3.86. The molecule has 2 N–H and O–H groups in total. The standard InChI is InChI=1S/C14H21N3O2/c1-2-16-7-9-17(10-8-16)14(18)11-19-13-5-3-12(15)4-6-13/h3-6H,2,7-11,15H2,1H3. The molecule has 104 valence electrons. The molecule has 1 aromatic carbocycles. The largest absolute Gasteiger partial charge is 0.484 e. The van der Waals surface area contributed by atoms with Crippen LogP contribution in [-0.2, 0) is 4.79 Å². The van der Waals surface area contributed by atoms with E-state index in [0.717, 1.165) is 32.7 Å². The van der Waals surface area contributed by atoms with Crippen molar-refractivity contribution in [2.45, 2.75) is 6.92 Å². The van der Waals surface area contributed by atoms with Gasteiger partial charge < -0.3 is 20.3 Å². The lowest BCUT2D eigenvalue weighted by molar-refractivity contribution is -0.135. The molecular weight excluding hydrogens is 242 g/mol. The number of carbonyl (C=O) groups is 1. The number of ether oxygens (including phenoxy) is 1. The first-order chi connectivity index (χ1) is 9.19. The third-order valence-corrected chi connectivity index (χ3v) is 3.41. The Labute approximate surface area is 113 Å². The lowest BCUT2D eigenvalue weighted by Gasteiger charge is -2.33. The van der Waals surface area contributed by atoms with Crippen molar-refractivity contribution in [3.8, 4) is 5.75 Å². The molecule has 0 unspecified atom stereocenters. The molecule has 0 saturated carbocycles. The van der Waals surface area contributed by atoms with Crippen LogP contribution >= 0.6 is 0 Å². The number of piperazine rings is 1. The number of hydrogen-bond acceptors (Lipinski definition) is 4. The number of anilines is 1. The van der Waals surface area contributed by atoms with Gasteiger partial charge in [-0.05, 0) is 30.8 Å². The summed E-state index contributed by atoms with van der Waals surface area (Å²) >= 11 is 0. The van der Waals surface area contributed by atoms with E-state index < -0.39 is 0 Å². The number of likely N-dealkylation sites (N-methyl/N-ethyl adjacent to an activating group) is 1. The second-order valence-corrected chi connectivity index (χ2v) is 4.67. The lowest BCUT2D eigenvalue weighted by atomic mass is 10.3. The summed E-state index contributed by atoms with van der Waals surface area (Å²) in [6.45, 7) is 6.76. The van der Waals surface area contributed by atoms with E-state index in [2.05, 4.69) is 11.8 Å². The monoisotopic (exact) mass is 263 g/mol. The summed E-state index contributed by atoms with van der Waals surface area (Å²) in [5.41, 5.74) is 6.28. The first kappa shape index (κ1) is 13.7. The Morgan fingerprint density at radius 3 is 2.42 bits per heavy atom. The van der Waals surface area contributed by atoms with Gasteiger partial charge in [0, 0.05) is 31.9 Å². The molecule has 1 saturated heterocycles. The number of rotatable bonds is 4. The summed E-state index contributed by atoms with van der Waals surface area (Å²) in [5, 5.41) is 0. The molecule has 1 amide bonds. The minimum atomic E-state index is 0.0487. The predicted molar refractivity (Wildman–Crippen MR) is 75.0 cm³/mol. The van der Waals surface area contributed by atoms with Gasteiger partial charge in [-0.3, -0.25) is 4.79 Å². The molecule has 0 radical (unpaired) electrons. The van der Waals surface area contributed by atoms with Gasteiger partial charge in [-0.2, -0.15) is 0 Å². The van der Waals surface area contributed by atoms with Gasteiger partial charge in [0.25, 0.3) is 5.91 Å². The smallest absolute Gasteiger partial charge is 0.260 e. The second kappa shape index (κ2) is 6.43. The number of nitrogen functional groups attached to an aromatic ring is 1. The average molecular weight is 263 g/mol. The first-order valence-corrected chi connectivity index (χ1v) is 6.67. The molecule has 2 rings (SSSR count). The molecule has 0 aliphatic carbocycles. The molecule has 0 bridgehead atoms. The summed E-state index contributed by atoms with van der Waals surface area (Å²) in [4.78, 5) is 16.2. The molecule has 5 nitrogen and oxygen atoms in total. The molecule has 1 aliphatic rings. The topological polar surface area (TPSA) is 58.8 Å². The van der Waals surface area contributed by atoms with Crippen molar-refractivity contribution in [1.29, 1.82) is 0 Å². The van der Waals surface area contributed by atoms with E-state index in [4.69, 9.17) is 10.5 Å². The van der Waals surface area contributed by atoms with Crippen LogP contribution in [0.25, 0.3) is 0 Å². The first-order valence-electron chi connectivity index (χ1n) is 6.67. The second-order valence-electron chi connectivity index (χ2n) is 4.67. The van der Waals surface area contributed by atoms with Crippen LogP contribution < -0.4 is 10.5 Å². The lowest BCUT2D eigenvalue weighted by Crippen LogP contribution is -2.49. The van der Waals surface area contributed by atoms with Crippen LogP contribution in [0.3, 0.4) is 0 Å². The zero-order valence-corrected chi connectivity index (χ0v) is 11.3. The van der Waals surface area contributed by atoms with Crippen molar-refractivity contribution in [3.63, 3.8) is 0 Å². The number of amides is 1. The Morgan fingerprint density at radius 2 is 1.84 bits per heavy atom. The molecule has 0 atom stereocenters. The SMILES string of the molecule is CCN1CCN(C(=O)COc2ccc(N)cc2)CC1. The summed E-state index contributed by atoms with van der Waals surface area (Å²) < 4.78 is 5.47. The number of benzene rings is 1. The highest BCUT2D eigenvalue weighted by Crippen LogP contribution is 2.13. The summed E-state index contributed by atoms with van der Waals surface area (Å²) in [7, 11) is 0. The van der Waals surface area contributed by atoms with E-state index in [1.54, 1.807) is 24.3 Å². The van der Waals surface area contributed by atoms with Gasteiger partial charge in [0.15, 0.2) is 6.61 Å². The van der Waals surface area contributed by atoms with E-state index in [9.17, 15) is 4.79 Å². The zero-order valence-electron chi connectivity index (χ0n) is 11.3. The van der Waals surface area contributed by atoms with Crippen LogP contribution in [-0.4, -0.2) is 55.0 Å². The quantitative estimate of drug-likeness (QED) is 0.817. The van der Waals surface area contributed by atoms with Gasteiger partial charge in [-0.15, -0.1) is 0 Å². The van der Waals surface area contributed by atoms with Gasteiger partial charge in [-0.1, -0.05) is 6.92 Å². The third-order valence-electron chi connectivity index (χ3n) is 3.41. The van der Waals surface area contributed by atoms with Crippen LogP contribution in [0.4, 0.5) is 5.69 Å². The Balaban J connectivity index is 1.77. The van der Waals surface area contributed by atoms with E-state index >= 15 is 0 Å². The Morgan fingerprint density at radius 1 is 1.21 bits per heavy atom. The minimum absolute atomic E-state index is 0.0487. The molecule has 1 aromatic rings. The van der Waals surface area contributed by atoms with Crippen molar-refractivity contribution in [3.05, 3.63) is 24.3 Å². The fourth-order valence-electron chi connectivity index (χ4n) is 2.11. The molecule has 5 heteroatoms. The minimum Gasteiger partial charge on any atom is -0.484 e. The van der Waals surface area contributed by atoms with Crippen molar-refractivity contribution in [2.75, 3.05) is 45.1 Å². The van der Waals surface area contributed by atoms with Crippen LogP contribution in [0, 0.1) is 0 Å². The fraction of sp³-hybridized carbons (Fsp3) is 0.500. The van der Waals surface area contributed by atoms with E-state index in [1.165, 1.54) is 0 Å². The highest BCUT2D eigenvalue weighted by molar-refractivity contribution is 5.77. The van der Waals surface area contributed by atoms with Crippen LogP contribution in [0.5, 0.6) is 5.75 Å². The van der Waals surface area contributed by atoms with Gasteiger partial charge in [0.1, 0.15) is 5.75 Å². The molecule has 1 aliphatic heterocycles. The highest BCUT2D eigenvalue weighted by Gasteiger charge is 2.20. The Bertz CT molecular complexity index is 411. The molecule has 0 spiro atoms.